The van der Waals surface area contributed by atoms with Gasteiger partial charge in [0.05, 0.1) is 0 Å². The van der Waals surface area contributed by atoms with Gasteiger partial charge in [-0.15, -0.1) is 0 Å². The molecule has 0 aliphatic heterocycles. The van der Waals surface area contributed by atoms with Crippen molar-refractivity contribution in [3.8, 4) is 0 Å². The Bertz CT molecular complexity index is 273. The van der Waals surface area contributed by atoms with Crippen molar-refractivity contribution in [3.05, 3.63) is 23.8 Å². The summed E-state index contributed by atoms with van der Waals surface area (Å²) in [6, 6.07) is 0. The third-order valence-electron chi connectivity index (χ3n) is 2.94. The number of carbonyl (C=O) groups excluding carboxylic acids is 1. The van der Waals surface area contributed by atoms with E-state index >= 15 is 0 Å². The molecule has 1 saturated carbocycles. The second-order valence-electron chi connectivity index (χ2n) is 4.00. The number of fused-ring (bicyclic) bond motifs is 1. The molecule has 0 bridgehead atoms. The Morgan fingerprint density at radius 1 is 1.50 bits per heavy atom. The summed E-state index contributed by atoms with van der Waals surface area (Å²) in [5.41, 5.74) is 1.30. The Morgan fingerprint density at radius 2 is 2.25 bits per heavy atom. The van der Waals surface area contributed by atoms with Crippen LogP contribution in [0.4, 0.5) is 0 Å². The Labute approximate surface area is 73.2 Å². The van der Waals surface area contributed by atoms with E-state index in [2.05, 4.69) is 25.2 Å². The first-order chi connectivity index (χ1) is 5.68. The van der Waals surface area contributed by atoms with Gasteiger partial charge in [0.15, 0.2) is 0 Å². The van der Waals surface area contributed by atoms with Gasteiger partial charge in [-0.1, -0.05) is 30.7 Å². The number of Topliss-reactive ketones (excluding diaryl/α,β-unsaturated/α-hetero) is 1. The van der Waals surface area contributed by atoms with E-state index in [1.165, 1.54) is 5.57 Å². The topological polar surface area (TPSA) is 17.1 Å². The van der Waals surface area contributed by atoms with Crippen LogP contribution in [0.15, 0.2) is 23.8 Å². The average Bonchev–Trinajstić information content (AvgIpc) is 2.28. The van der Waals surface area contributed by atoms with Gasteiger partial charge in [0.2, 0.25) is 0 Å². The van der Waals surface area contributed by atoms with E-state index in [4.69, 9.17) is 0 Å². The number of ketones is 1. The van der Waals surface area contributed by atoms with Gasteiger partial charge in [-0.25, -0.2) is 0 Å². The van der Waals surface area contributed by atoms with Crippen molar-refractivity contribution >= 4 is 5.78 Å². The average molecular weight is 162 g/mol. The molecule has 2 aliphatic rings. The van der Waals surface area contributed by atoms with E-state index in [0.717, 1.165) is 6.42 Å². The highest BCUT2D eigenvalue weighted by atomic mass is 16.1. The fourth-order valence-corrected chi connectivity index (χ4v) is 2.27. The standard InChI is InChI=1S/C11H14O/c1-7-3-4-10-9(5-7)6-8(2)11(10)12/h3-5,8-10H,6H2,1-2H3. The quantitative estimate of drug-likeness (QED) is 0.534. The van der Waals surface area contributed by atoms with E-state index in [9.17, 15) is 4.79 Å². The molecule has 0 heterocycles. The maximum absolute atomic E-state index is 11.6. The number of rotatable bonds is 0. The van der Waals surface area contributed by atoms with Gasteiger partial charge in [-0.3, -0.25) is 4.79 Å². The van der Waals surface area contributed by atoms with E-state index in [1.54, 1.807) is 0 Å². The minimum absolute atomic E-state index is 0.198. The monoisotopic (exact) mass is 162 g/mol. The highest BCUT2D eigenvalue weighted by Crippen LogP contribution is 2.37. The zero-order valence-corrected chi connectivity index (χ0v) is 7.58. The van der Waals surface area contributed by atoms with Gasteiger partial charge in [0.25, 0.3) is 0 Å². The minimum Gasteiger partial charge on any atom is -0.299 e. The van der Waals surface area contributed by atoms with Crippen LogP contribution in [0.25, 0.3) is 0 Å². The van der Waals surface area contributed by atoms with Gasteiger partial charge < -0.3 is 0 Å². The molecule has 2 rings (SSSR count). The zero-order valence-electron chi connectivity index (χ0n) is 7.58. The van der Waals surface area contributed by atoms with E-state index in [1.807, 2.05) is 6.92 Å². The predicted octanol–water partition coefficient (Wildman–Crippen LogP) is 2.34. The van der Waals surface area contributed by atoms with Crippen molar-refractivity contribution in [1.82, 2.24) is 0 Å². The lowest BCUT2D eigenvalue weighted by Crippen LogP contribution is -2.14. The molecular formula is C11H14O. The van der Waals surface area contributed by atoms with Crippen molar-refractivity contribution in [2.45, 2.75) is 20.3 Å². The molecule has 3 atom stereocenters. The smallest absolute Gasteiger partial charge is 0.143 e. The van der Waals surface area contributed by atoms with E-state index < -0.39 is 0 Å². The van der Waals surface area contributed by atoms with Crippen LogP contribution in [-0.2, 0) is 4.79 Å². The zero-order chi connectivity index (χ0) is 8.72. The summed E-state index contributed by atoms with van der Waals surface area (Å²) in [6.07, 6.45) is 7.43. The van der Waals surface area contributed by atoms with Crippen molar-refractivity contribution < 1.29 is 4.79 Å². The Hall–Kier alpha value is -0.850. The van der Waals surface area contributed by atoms with Crippen molar-refractivity contribution in [3.63, 3.8) is 0 Å². The predicted molar refractivity (Wildman–Crippen MR) is 48.7 cm³/mol. The fourth-order valence-electron chi connectivity index (χ4n) is 2.27. The lowest BCUT2D eigenvalue weighted by atomic mass is 9.89. The first kappa shape index (κ1) is 7.78. The largest absolute Gasteiger partial charge is 0.299 e. The number of hydrogen-bond donors (Lipinski definition) is 0. The molecule has 0 saturated heterocycles. The number of allylic oxidation sites excluding steroid dienone is 4. The summed E-state index contributed by atoms with van der Waals surface area (Å²) >= 11 is 0. The van der Waals surface area contributed by atoms with E-state index in [-0.39, 0.29) is 11.8 Å². The van der Waals surface area contributed by atoms with Gasteiger partial charge in [-0.05, 0) is 19.3 Å². The van der Waals surface area contributed by atoms with Crippen LogP contribution >= 0.6 is 0 Å². The normalized spacial score (nSPS) is 39.7. The van der Waals surface area contributed by atoms with Crippen LogP contribution in [0, 0.1) is 17.8 Å². The summed E-state index contributed by atoms with van der Waals surface area (Å²) in [5.74, 6) is 1.40. The molecule has 0 aromatic rings. The lowest BCUT2D eigenvalue weighted by Gasteiger charge is -2.15. The van der Waals surface area contributed by atoms with Crippen LogP contribution in [0.1, 0.15) is 20.3 Å². The molecule has 0 aromatic carbocycles. The minimum atomic E-state index is 0.198. The first-order valence-corrected chi connectivity index (χ1v) is 4.59. The van der Waals surface area contributed by atoms with Gasteiger partial charge >= 0.3 is 0 Å². The van der Waals surface area contributed by atoms with Gasteiger partial charge in [0, 0.05) is 11.8 Å². The second-order valence-corrected chi connectivity index (χ2v) is 4.00. The SMILES string of the molecule is CC1=CC2CC(C)C(=O)C2C=C1. The molecule has 64 valence electrons. The van der Waals surface area contributed by atoms with Crippen LogP contribution in [0.2, 0.25) is 0 Å². The molecule has 2 aliphatic carbocycles. The molecule has 3 unspecified atom stereocenters. The van der Waals surface area contributed by atoms with Crippen molar-refractivity contribution in [2.75, 3.05) is 0 Å². The molecule has 0 spiro atoms. The van der Waals surface area contributed by atoms with E-state index in [0.29, 0.717) is 11.7 Å². The highest BCUT2D eigenvalue weighted by Gasteiger charge is 2.37. The summed E-state index contributed by atoms with van der Waals surface area (Å²) in [6.45, 7) is 4.14. The van der Waals surface area contributed by atoms with Gasteiger partial charge in [0.1, 0.15) is 5.78 Å². The molecular weight excluding hydrogens is 148 g/mol. The third-order valence-corrected chi connectivity index (χ3v) is 2.94. The van der Waals surface area contributed by atoms with Crippen molar-refractivity contribution in [2.24, 2.45) is 17.8 Å². The summed E-state index contributed by atoms with van der Waals surface area (Å²) < 4.78 is 0. The van der Waals surface area contributed by atoms with Crippen LogP contribution in [0.3, 0.4) is 0 Å². The van der Waals surface area contributed by atoms with Crippen LogP contribution in [0.5, 0.6) is 0 Å². The van der Waals surface area contributed by atoms with Crippen LogP contribution < -0.4 is 0 Å². The second kappa shape index (κ2) is 2.58. The molecule has 0 N–H and O–H groups in total. The van der Waals surface area contributed by atoms with Crippen LogP contribution in [-0.4, -0.2) is 5.78 Å². The summed E-state index contributed by atoms with van der Waals surface area (Å²) in [4.78, 5) is 11.6. The summed E-state index contributed by atoms with van der Waals surface area (Å²) in [7, 11) is 0. The molecule has 12 heavy (non-hydrogen) atoms. The molecule has 0 aromatic heterocycles. The Balaban J connectivity index is 2.28. The third kappa shape index (κ3) is 1.04. The Morgan fingerprint density at radius 3 is 3.00 bits per heavy atom. The molecule has 1 heteroatoms. The fraction of sp³-hybridized carbons (Fsp3) is 0.545. The van der Waals surface area contributed by atoms with Crippen molar-refractivity contribution in [1.29, 1.82) is 0 Å². The molecule has 0 radical (unpaired) electrons. The number of hydrogen-bond acceptors (Lipinski definition) is 1. The maximum Gasteiger partial charge on any atom is 0.143 e. The maximum atomic E-state index is 11.6. The van der Waals surface area contributed by atoms with Gasteiger partial charge in [-0.2, -0.15) is 0 Å². The molecule has 0 amide bonds. The molecule has 1 nitrogen and oxygen atoms in total. The highest BCUT2D eigenvalue weighted by molar-refractivity contribution is 5.88. The first-order valence-electron chi connectivity index (χ1n) is 4.59. The summed E-state index contributed by atoms with van der Waals surface area (Å²) in [5, 5.41) is 0. The Kier molecular flexibility index (Phi) is 1.67. The molecule has 1 fully saturated rings. The lowest BCUT2D eigenvalue weighted by molar-refractivity contribution is -0.122. The number of carbonyl (C=O) groups is 1.